The SMILES string of the molecule is N#Cc1ccc(OCC(O)CSc2nncn2C2CC2)cc1. The molecule has 6 nitrogen and oxygen atoms in total. The van der Waals surface area contributed by atoms with Gasteiger partial charge in [0.05, 0.1) is 17.7 Å². The van der Waals surface area contributed by atoms with E-state index in [4.69, 9.17) is 10.00 Å². The van der Waals surface area contributed by atoms with E-state index in [0.29, 0.717) is 23.1 Å². The van der Waals surface area contributed by atoms with Gasteiger partial charge in [0.2, 0.25) is 0 Å². The van der Waals surface area contributed by atoms with E-state index in [9.17, 15) is 5.11 Å². The maximum atomic E-state index is 10.00. The average molecular weight is 316 g/mol. The van der Waals surface area contributed by atoms with Crippen molar-refractivity contribution in [2.24, 2.45) is 0 Å². The summed E-state index contributed by atoms with van der Waals surface area (Å²) in [6, 6.07) is 9.41. The molecule has 22 heavy (non-hydrogen) atoms. The summed E-state index contributed by atoms with van der Waals surface area (Å²) in [5, 5.41) is 27.6. The Balaban J connectivity index is 1.45. The van der Waals surface area contributed by atoms with Crippen LogP contribution in [0.15, 0.2) is 35.7 Å². The molecule has 2 aromatic rings. The number of nitrogens with zero attached hydrogens (tertiary/aromatic N) is 4. The molecule has 0 spiro atoms. The number of rotatable bonds is 7. The van der Waals surface area contributed by atoms with Crippen molar-refractivity contribution in [2.75, 3.05) is 12.4 Å². The maximum Gasteiger partial charge on any atom is 0.191 e. The molecule has 3 rings (SSSR count). The molecule has 0 aliphatic heterocycles. The summed E-state index contributed by atoms with van der Waals surface area (Å²) in [5.41, 5.74) is 0.586. The second kappa shape index (κ2) is 6.81. The fourth-order valence-corrected chi connectivity index (χ4v) is 2.86. The van der Waals surface area contributed by atoms with E-state index >= 15 is 0 Å². The van der Waals surface area contributed by atoms with E-state index in [-0.39, 0.29) is 6.61 Å². The van der Waals surface area contributed by atoms with Gasteiger partial charge < -0.3 is 14.4 Å². The van der Waals surface area contributed by atoms with E-state index in [2.05, 4.69) is 20.8 Å². The Hall–Kier alpha value is -2.04. The van der Waals surface area contributed by atoms with Crippen LogP contribution in [0, 0.1) is 11.3 Å². The van der Waals surface area contributed by atoms with Crippen LogP contribution in [0.5, 0.6) is 5.75 Å². The van der Waals surface area contributed by atoms with Gasteiger partial charge in [0, 0.05) is 11.8 Å². The molecule has 1 saturated carbocycles. The lowest BCUT2D eigenvalue weighted by Gasteiger charge is -2.12. The Morgan fingerprint density at radius 3 is 2.86 bits per heavy atom. The molecule has 0 saturated heterocycles. The van der Waals surface area contributed by atoms with Crippen molar-refractivity contribution in [2.45, 2.75) is 30.1 Å². The first-order chi connectivity index (χ1) is 10.8. The van der Waals surface area contributed by atoms with Gasteiger partial charge in [-0.05, 0) is 37.1 Å². The first kappa shape index (κ1) is 14.9. The number of benzene rings is 1. The minimum atomic E-state index is -0.593. The number of hydrogen-bond acceptors (Lipinski definition) is 6. The predicted octanol–water partition coefficient (Wildman–Crippen LogP) is 2.02. The highest BCUT2D eigenvalue weighted by Gasteiger charge is 2.26. The van der Waals surface area contributed by atoms with E-state index in [1.165, 1.54) is 24.6 Å². The molecule has 1 N–H and O–H groups in total. The fourth-order valence-electron chi connectivity index (χ4n) is 1.98. The summed E-state index contributed by atoms with van der Waals surface area (Å²) < 4.78 is 7.58. The normalized spacial score (nSPS) is 15.3. The molecule has 1 aliphatic carbocycles. The first-order valence-corrected chi connectivity index (χ1v) is 8.08. The van der Waals surface area contributed by atoms with E-state index in [1.54, 1.807) is 30.6 Å². The van der Waals surface area contributed by atoms with Gasteiger partial charge in [-0.2, -0.15) is 5.26 Å². The van der Waals surface area contributed by atoms with Crippen LogP contribution < -0.4 is 4.74 Å². The van der Waals surface area contributed by atoms with E-state index in [0.717, 1.165) is 5.16 Å². The number of ether oxygens (including phenoxy) is 1. The Bertz CT molecular complexity index is 661. The fraction of sp³-hybridized carbons (Fsp3) is 0.400. The standard InChI is InChI=1S/C15H16N4O2S/c16-7-11-1-5-14(6-2-11)21-8-13(20)9-22-15-18-17-10-19(15)12-3-4-12/h1-2,5-6,10,12-13,20H,3-4,8-9H2. The number of aliphatic hydroxyl groups excluding tert-OH is 1. The molecule has 1 aromatic heterocycles. The Labute approximate surface area is 132 Å². The minimum Gasteiger partial charge on any atom is -0.491 e. The van der Waals surface area contributed by atoms with Gasteiger partial charge in [0.25, 0.3) is 0 Å². The molecule has 0 amide bonds. The van der Waals surface area contributed by atoms with Gasteiger partial charge in [-0.1, -0.05) is 11.8 Å². The van der Waals surface area contributed by atoms with Crippen molar-refractivity contribution >= 4 is 11.8 Å². The third-order valence-electron chi connectivity index (χ3n) is 3.31. The minimum absolute atomic E-state index is 0.205. The van der Waals surface area contributed by atoms with Crippen LogP contribution in [-0.4, -0.2) is 38.3 Å². The highest BCUT2D eigenvalue weighted by atomic mass is 32.2. The summed E-state index contributed by atoms with van der Waals surface area (Å²) in [7, 11) is 0. The van der Waals surface area contributed by atoms with Crippen LogP contribution in [0.1, 0.15) is 24.4 Å². The highest BCUT2D eigenvalue weighted by molar-refractivity contribution is 7.99. The summed E-state index contributed by atoms with van der Waals surface area (Å²) in [4.78, 5) is 0. The predicted molar refractivity (Wildman–Crippen MR) is 81.7 cm³/mol. The zero-order valence-electron chi connectivity index (χ0n) is 11.9. The monoisotopic (exact) mass is 316 g/mol. The molecule has 7 heteroatoms. The van der Waals surface area contributed by atoms with Gasteiger partial charge in [0.15, 0.2) is 5.16 Å². The Morgan fingerprint density at radius 1 is 1.41 bits per heavy atom. The van der Waals surface area contributed by atoms with Crippen molar-refractivity contribution in [1.82, 2.24) is 14.8 Å². The van der Waals surface area contributed by atoms with Crippen molar-refractivity contribution in [3.05, 3.63) is 36.2 Å². The molecular weight excluding hydrogens is 300 g/mol. The number of nitriles is 1. The third kappa shape index (κ3) is 3.78. The quantitative estimate of drug-likeness (QED) is 0.787. The van der Waals surface area contributed by atoms with Gasteiger partial charge in [0.1, 0.15) is 18.7 Å². The van der Waals surface area contributed by atoms with Gasteiger partial charge in [-0.25, -0.2) is 0 Å². The van der Waals surface area contributed by atoms with Crippen LogP contribution in [0.2, 0.25) is 0 Å². The molecule has 0 radical (unpaired) electrons. The average Bonchev–Trinajstić information content (AvgIpc) is 3.29. The second-order valence-electron chi connectivity index (χ2n) is 5.16. The van der Waals surface area contributed by atoms with Crippen LogP contribution in [0.4, 0.5) is 0 Å². The molecular formula is C15H16N4O2S. The first-order valence-electron chi connectivity index (χ1n) is 7.09. The van der Waals surface area contributed by atoms with Crippen LogP contribution in [0.25, 0.3) is 0 Å². The Morgan fingerprint density at radius 2 is 2.18 bits per heavy atom. The molecule has 1 unspecified atom stereocenters. The smallest absolute Gasteiger partial charge is 0.191 e. The summed E-state index contributed by atoms with van der Waals surface area (Å²) >= 11 is 1.49. The zero-order chi connectivity index (χ0) is 15.4. The Kier molecular flexibility index (Phi) is 4.61. The largest absolute Gasteiger partial charge is 0.491 e. The lowest BCUT2D eigenvalue weighted by atomic mass is 10.2. The van der Waals surface area contributed by atoms with Gasteiger partial charge >= 0.3 is 0 Å². The van der Waals surface area contributed by atoms with Crippen molar-refractivity contribution < 1.29 is 9.84 Å². The lowest BCUT2D eigenvalue weighted by Crippen LogP contribution is -2.20. The lowest BCUT2D eigenvalue weighted by molar-refractivity contribution is 0.126. The van der Waals surface area contributed by atoms with Crippen LogP contribution in [0.3, 0.4) is 0 Å². The number of hydrogen-bond donors (Lipinski definition) is 1. The molecule has 1 fully saturated rings. The van der Waals surface area contributed by atoms with Gasteiger partial charge in [-0.15, -0.1) is 10.2 Å². The van der Waals surface area contributed by atoms with E-state index in [1.807, 2.05) is 0 Å². The second-order valence-corrected chi connectivity index (χ2v) is 6.15. The summed E-state index contributed by atoms with van der Waals surface area (Å²) in [6.45, 7) is 0.205. The topological polar surface area (TPSA) is 84.0 Å². The summed E-state index contributed by atoms with van der Waals surface area (Å²) in [5.74, 6) is 1.14. The maximum absolute atomic E-state index is 10.00. The zero-order valence-corrected chi connectivity index (χ0v) is 12.7. The molecule has 1 aliphatic rings. The number of thioether (sulfide) groups is 1. The van der Waals surface area contributed by atoms with Crippen molar-refractivity contribution in [3.63, 3.8) is 0 Å². The number of aliphatic hydroxyl groups is 1. The van der Waals surface area contributed by atoms with Crippen molar-refractivity contribution in [3.8, 4) is 11.8 Å². The summed E-state index contributed by atoms with van der Waals surface area (Å²) in [6.07, 6.45) is 3.51. The molecule has 1 aromatic carbocycles. The molecule has 114 valence electrons. The third-order valence-corrected chi connectivity index (χ3v) is 4.41. The van der Waals surface area contributed by atoms with Crippen LogP contribution >= 0.6 is 11.8 Å². The molecule has 0 bridgehead atoms. The van der Waals surface area contributed by atoms with Gasteiger partial charge in [-0.3, -0.25) is 0 Å². The van der Waals surface area contributed by atoms with Crippen LogP contribution in [-0.2, 0) is 0 Å². The number of aromatic nitrogens is 3. The highest BCUT2D eigenvalue weighted by Crippen LogP contribution is 2.37. The van der Waals surface area contributed by atoms with Crippen molar-refractivity contribution in [1.29, 1.82) is 5.26 Å². The molecule has 1 atom stereocenters. The van der Waals surface area contributed by atoms with E-state index < -0.39 is 6.10 Å². The molecule has 1 heterocycles.